The summed E-state index contributed by atoms with van der Waals surface area (Å²) in [5, 5.41) is 5.34. The summed E-state index contributed by atoms with van der Waals surface area (Å²) in [5.74, 6) is 1.08. The van der Waals surface area contributed by atoms with Crippen LogP contribution in [0, 0.1) is 0 Å². The summed E-state index contributed by atoms with van der Waals surface area (Å²) >= 11 is 0. The summed E-state index contributed by atoms with van der Waals surface area (Å²) in [7, 11) is 3.08. The van der Waals surface area contributed by atoms with Crippen molar-refractivity contribution in [3.8, 4) is 22.6 Å². The predicted molar refractivity (Wildman–Crippen MR) is 115 cm³/mol. The van der Waals surface area contributed by atoms with Crippen LogP contribution in [0.4, 0.5) is 21.0 Å². The standard InChI is InChI=1S/C22H28N2O6/c1-13(2)29-21(25)23-15-7-9-17(19(11-15)27-5)18-10-8-16(12-20(18)28-6)24-22(26)30-14(3)4/h7-14H,1-6H3,(H,23,25)(H,24,26). The molecule has 0 aromatic heterocycles. The second kappa shape index (κ2) is 10.4. The molecule has 0 atom stereocenters. The molecule has 2 aromatic carbocycles. The van der Waals surface area contributed by atoms with Crippen LogP contribution >= 0.6 is 0 Å². The van der Waals surface area contributed by atoms with Gasteiger partial charge in [-0.25, -0.2) is 9.59 Å². The molecule has 0 saturated carbocycles. The van der Waals surface area contributed by atoms with E-state index in [9.17, 15) is 9.59 Å². The Morgan fingerprint density at radius 1 is 0.700 bits per heavy atom. The van der Waals surface area contributed by atoms with E-state index < -0.39 is 12.2 Å². The molecule has 2 rings (SSSR count). The molecule has 2 aromatic rings. The van der Waals surface area contributed by atoms with Crippen LogP contribution in [0.2, 0.25) is 0 Å². The molecule has 2 N–H and O–H groups in total. The van der Waals surface area contributed by atoms with Gasteiger partial charge in [0.05, 0.1) is 26.4 Å². The van der Waals surface area contributed by atoms with Crippen LogP contribution in [0.15, 0.2) is 36.4 Å². The maximum absolute atomic E-state index is 11.8. The monoisotopic (exact) mass is 416 g/mol. The lowest BCUT2D eigenvalue weighted by Crippen LogP contribution is -2.18. The van der Waals surface area contributed by atoms with Crippen molar-refractivity contribution in [3.05, 3.63) is 36.4 Å². The Morgan fingerprint density at radius 2 is 1.07 bits per heavy atom. The third-order valence-corrected chi connectivity index (χ3v) is 3.87. The summed E-state index contributed by atoms with van der Waals surface area (Å²) in [6.07, 6.45) is -1.53. The van der Waals surface area contributed by atoms with Crippen molar-refractivity contribution in [1.29, 1.82) is 0 Å². The van der Waals surface area contributed by atoms with Crippen LogP contribution in [0.5, 0.6) is 11.5 Å². The van der Waals surface area contributed by atoms with Gasteiger partial charge in [-0.05, 0) is 52.0 Å². The van der Waals surface area contributed by atoms with Crippen molar-refractivity contribution in [1.82, 2.24) is 0 Å². The zero-order chi connectivity index (χ0) is 22.3. The molecule has 0 radical (unpaired) electrons. The highest BCUT2D eigenvalue weighted by Crippen LogP contribution is 2.39. The minimum Gasteiger partial charge on any atom is -0.496 e. The van der Waals surface area contributed by atoms with Gasteiger partial charge < -0.3 is 18.9 Å². The molecule has 30 heavy (non-hydrogen) atoms. The molecule has 0 heterocycles. The highest BCUT2D eigenvalue weighted by Gasteiger charge is 2.15. The minimum absolute atomic E-state index is 0.222. The third kappa shape index (κ3) is 6.30. The largest absolute Gasteiger partial charge is 0.496 e. The predicted octanol–water partition coefficient (Wildman–Crippen LogP) is 5.28. The average molecular weight is 416 g/mol. The first-order chi connectivity index (χ1) is 14.2. The summed E-state index contributed by atoms with van der Waals surface area (Å²) in [6.45, 7) is 7.10. The maximum atomic E-state index is 11.8. The van der Waals surface area contributed by atoms with Crippen molar-refractivity contribution in [2.45, 2.75) is 39.9 Å². The van der Waals surface area contributed by atoms with Crippen molar-refractivity contribution >= 4 is 23.6 Å². The summed E-state index contributed by atoms with van der Waals surface area (Å²) in [6, 6.07) is 10.5. The Morgan fingerprint density at radius 3 is 1.37 bits per heavy atom. The number of amides is 2. The highest BCUT2D eigenvalue weighted by atomic mass is 16.6. The first kappa shape index (κ1) is 22.9. The molecule has 8 nitrogen and oxygen atoms in total. The fourth-order valence-electron chi connectivity index (χ4n) is 2.71. The molecule has 0 unspecified atom stereocenters. The molecule has 0 aliphatic carbocycles. The smallest absolute Gasteiger partial charge is 0.411 e. The van der Waals surface area contributed by atoms with E-state index >= 15 is 0 Å². The Bertz CT molecular complexity index is 822. The van der Waals surface area contributed by atoms with Gasteiger partial charge in [0, 0.05) is 34.6 Å². The number of carbonyl (C=O) groups is 2. The molecule has 8 heteroatoms. The van der Waals surface area contributed by atoms with Gasteiger partial charge in [-0.1, -0.05) is 0 Å². The second-order valence-electron chi connectivity index (χ2n) is 6.99. The van der Waals surface area contributed by atoms with Crippen LogP contribution in [0.25, 0.3) is 11.1 Å². The van der Waals surface area contributed by atoms with E-state index in [1.54, 1.807) is 66.2 Å². The van der Waals surface area contributed by atoms with Gasteiger partial charge in [0.1, 0.15) is 11.5 Å². The SMILES string of the molecule is COc1cc(NC(=O)OC(C)C)ccc1-c1ccc(NC(=O)OC(C)C)cc1OC. The Hall–Kier alpha value is -3.42. The highest BCUT2D eigenvalue weighted by molar-refractivity contribution is 5.89. The topological polar surface area (TPSA) is 95.1 Å². The van der Waals surface area contributed by atoms with Crippen LogP contribution in [0.3, 0.4) is 0 Å². The van der Waals surface area contributed by atoms with Crippen molar-refractivity contribution in [2.75, 3.05) is 24.9 Å². The number of ether oxygens (including phenoxy) is 4. The normalized spacial score (nSPS) is 10.5. The van der Waals surface area contributed by atoms with Crippen LogP contribution in [0.1, 0.15) is 27.7 Å². The van der Waals surface area contributed by atoms with Gasteiger partial charge in [-0.15, -0.1) is 0 Å². The van der Waals surface area contributed by atoms with Crippen LogP contribution in [-0.2, 0) is 9.47 Å². The number of hydrogen-bond acceptors (Lipinski definition) is 6. The van der Waals surface area contributed by atoms with Crippen LogP contribution in [-0.4, -0.2) is 38.6 Å². The van der Waals surface area contributed by atoms with E-state index in [0.717, 1.165) is 11.1 Å². The van der Waals surface area contributed by atoms with E-state index in [0.29, 0.717) is 22.9 Å². The van der Waals surface area contributed by atoms with Crippen molar-refractivity contribution in [3.63, 3.8) is 0 Å². The van der Waals surface area contributed by atoms with Gasteiger partial charge in [0.25, 0.3) is 0 Å². The lowest BCUT2D eigenvalue weighted by atomic mass is 10.0. The van der Waals surface area contributed by atoms with E-state index in [1.807, 2.05) is 12.1 Å². The maximum Gasteiger partial charge on any atom is 0.411 e. The van der Waals surface area contributed by atoms with Gasteiger partial charge in [-0.3, -0.25) is 10.6 Å². The molecule has 0 spiro atoms. The molecule has 0 aliphatic heterocycles. The molecular weight excluding hydrogens is 388 g/mol. The lowest BCUT2D eigenvalue weighted by molar-refractivity contribution is 0.129. The van der Waals surface area contributed by atoms with E-state index in [4.69, 9.17) is 18.9 Å². The Kier molecular flexibility index (Phi) is 7.91. The number of carbonyl (C=O) groups excluding carboxylic acids is 2. The fraction of sp³-hybridized carbons (Fsp3) is 0.364. The first-order valence-electron chi connectivity index (χ1n) is 9.55. The molecule has 162 valence electrons. The molecular formula is C22H28N2O6. The van der Waals surface area contributed by atoms with Crippen molar-refractivity contribution in [2.24, 2.45) is 0 Å². The van der Waals surface area contributed by atoms with Crippen molar-refractivity contribution < 1.29 is 28.5 Å². The number of nitrogens with one attached hydrogen (secondary N) is 2. The molecule has 0 aliphatic rings. The summed E-state index contributed by atoms with van der Waals surface area (Å²) < 4.78 is 21.2. The summed E-state index contributed by atoms with van der Waals surface area (Å²) in [4.78, 5) is 23.7. The number of rotatable bonds is 7. The van der Waals surface area contributed by atoms with Crippen LogP contribution < -0.4 is 20.1 Å². The Labute approximate surface area is 176 Å². The van der Waals surface area contributed by atoms with Gasteiger partial charge in [0.2, 0.25) is 0 Å². The first-order valence-corrected chi connectivity index (χ1v) is 9.55. The lowest BCUT2D eigenvalue weighted by Gasteiger charge is -2.16. The van der Waals surface area contributed by atoms with E-state index in [2.05, 4.69) is 10.6 Å². The number of hydrogen-bond donors (Lipinski definition) is 2. The van der Waals surface area contributed by atoms with Gasteiger partial charge in [0.15, 0.2) is 0 Å². The molecule has 0 bridgehead atoms. The quantitative estimate of drug-likeness (QED) is 0.637. The Balaban J connectivity index is 2.29. The number of benzene rings is 2. The zero-order valence-corrected chi connectivity index (χ0v) is 18.1. The zero-order valence-electron chi connectivity index (χ0n) is 18.1. The number of anilines is 2. The van der Waals surface area contributed by atoms with E-state index in [1.165, 1.54) is 0 Å². The average Bonchev–Trinajstić information content (AvgIpc) is 2.66. The van der Waals surface area contributed by atoms with Gasteiger partial charge >= 0.3 is 12.2 Å². The van der Waals surface area contributed by atoms with Gasteiger partial charge in [-0.2, -0.15) is 0 Å². The fourth-order valence-corrected chi connectivity index (χ4v) is 2.71. The number of methoxy groups -OCH3 is 2. The molecule has 0 fully saturated rings. The minimum atomic E-state index is -0.541. The second-order valence-corrected chi connectivity index (χ2v) is 6.99. The summed E-state index contributed by atoms with van der Waals surface area (Å²) in [5.41, 5.74) is 2.59. The van der Waals surface area contributed by atoms with E-state index in [-0.39, 0.29) is 12.2 Å². The molecule has 0 saturated heterocycles. The third-order valence-electron chi connectivity index (χ3n) is 3.87. The molecule has 2 amide bonds.